The summed E-state index contributed by atoms with van der Waals surface area (Å²) in [7, 11) is 0. The molecule has 0 fully saturated rings. The number of furan rings is 1. The van der Waals surface area contributed by atoms with Crippen LogP contribution in [-0.4, -0.2) is 25.3 Å². The fourth-order valence-electron chi connectivity index (χ4n) is 1.31. The van der Waals surface area contributed by atoms with Crippen LogP contribution in [0.3, 0.4) is 0 Å². The Bertz CT molecular complexity index is 595. The molecule has 0 bridgehead atoms. The van der Waals surface area contributed by atoms with Gasteiger partial charge in [0.2, 0.25) is 5.82 Å². The van der Waals surface area contributed by atoms with Crippen molar-refractivity contribution in [2.24, 2.45) is 0 Å². The van der Waals surface area contributed by atoms with E-state index in [-0.39, 0.29) is 0 Å². The van der Waals surface area contributed by atoms with E-state index in [1.807, 2.05) is 13.0 Å². The minimum absolute atomic E-state index is 0.367. The molecule has 3 rings (SSSR count). The number of aromatic nitrogens is 5. The fraction of sp³-hybridized carbons (Fsp3) is 0.111. The van der Waals surface area contributed by atoms with E-state index < -0.39 is 0 Å². The summed E-state index contributed by atoms with van der Waals surface area (Å²) in [6, 6.07) is 1.82. The number of aromatic amines is 1. The average molecular weight is 217 g/mol. The van der Waals surface area contributed by atoms with Crippen molar-refractivity contribution in [2.45, 2.75) is 6.92 Å². The predicted octanol–water partition coefficient (Wildman–Crippen LogP) is 1.42. The molecule has 0 aliphatic heterocycles. The Balaban J connectivity index is 2.00. The van der Waals surface area contributed by atoms with Crippen molar-refractivity contribution in [3.05, 3.63) is 24.4 Å². The van der Waals surface area contributed by atoms with Crippen LogP contribution in [0.2, 0.25) is 0 Å². The van der Waals surface area contributed by atoms with Crippen LogP contribution in [-0.2, 0) is 0 Å². The highest BCUT2D eigenvalue weighted by molar-refractivity contribution is 5.54. The molecular formula is C9H7N5O2. The summed E-state index contributed by atoms with van der Waals surface area (Å²) in [4.78, 5) is 8.09. The zero-order chi connectivity index (χ0) is 11.0. The zero-order valence-electron chi connectivity index (χ0n) is 8.34. The van der Waals surface area contributed by atoms with E-state index in [0.29, 0.717) is 17.5 Å². The first kappa shape index (κ1) is 8.84. The van der Waals surface area contributed by atoms with Gasteiger partial charge in [-0.2, -0.15) is 10.1 Å². The third kappa shape index (κ3) is 1.38. The molecule has 0 radical (unpaired) electrons. The molecule has 7 heteroatoms. The first-order chi connectivity index (χ1) is 7.83. The number of hydrogen-bond acceptors (Lipinski definition) is 6. The fourth-order valence-corrected chi connectivity index (χ4v) is 1.31. The minimum atomic E-state index is 0.367. The van der Waals surface area contributed by atoms with Gasteiger partial charge in [-0.15, -0.1) is 0 Å². The highest BCUT2D eigenvalue weighted by Gasteiger charge is 2.13. The third-order valence-corrected chi connectivity index (χ3v) is 2.03. The molecule has 3 heterocycles. The van der Waals surface area contributed by atoms with E-state index in [4.69, 9.17) is 8.94 Å². The topological polar surface area (TPSA) is 93.6 Å². The maximum absolute atomic E-state index is 5.16. The lowest BCUT2D eigenvalue weighted by Crippen LogP contribution is -1.83. The summed E-state index contributed by atoms with van der Waals surface area (Å²) < 4.78 is 10.2. The Morgan fingerprint density at radius 2 is 2.31 bits per heavy atom. The summed E-state index contributed by atoms with van der Waals surface area (Å²) in [5.74, 6) is 2.01. The highest BCUT2D eigenvalue weighted by Crippen LogP contribution is 2.21. The standard InChI is InChI=1S/C9H7N5O2/c1-5-2-6(3-15-5)9-12-8(14-16-9)7-10-4-11-13-7/h2-4H,1H3,(H,10,11,13). The van der Waals surface area contributed by atoms with Crippen LogP contribution in [0.15, 0.2) is 27.6 Å². The van der Waals surface area contributed by atoms with Gasteiger partial charge in [-0.05, 0) is 13.0 Å². The normalized spacial score (nSPS) is 10.8. The van der Waals surface area contributed by atoms with Gasteiger partial charge < -0.3 is 8.94 Å². The van der Waals surface area contributed by atoms with E-state index >= 15 is 0 Å². The first-order valence-electron chi connectivity index (χ1n) is 4.58. The molecule has 3 aromatic heterocycles. The summed E-state index contributed by atoms with van der Waals surface area (Å²) in [6.07, 6.45) is 2.94. The molecule has 0 aromatic carbocycles. The molecule has 0 unspecified atom stereocenters. The van der Waals surface area contributed by atoms with Gasteiger partial charge in [0, 0.05) is 0 Å². The smallest absolute Gasteiger partial charge is 0.261 e. The van der Waals surface area contributed by atoms with Crippen molar-refractivity contribution in [3.63, 3.8) is 0 Å². The number of nitrogens with zero attached hydrogens (tertiary/aromatic N) is 4. The van der Waals surface area contributed by atoms with E-state index in [2.05, 4.69) is 25.3 Å². The molecule has 1 N–H and O–H groups in total. The predicted molar refractivity (Wildman–Crippen MR) is 52.1 cm³/mol. The van der Waals surface area contributed by atoms with Gasteiger partial charge in [0.1, 0.15) is 18.4 Å². The summed E-state index contributed by atoms with van der Waals surface area (Å²) in [5, 5.41) is 10.1. The number of hydrogen-bond donors (Lipinski definition) is 1. The Hall–Kier alpha value is -2.44. The summed E-state index contributed by atoms with van der Waals surface area (Å²) in [6.45, 7) is 1.84. The van der Waals surface area contributed by atoms with Crippen LogP contribution in [0.1, 0.15) is 5.76 Å². The van der Waals surface area contributed by atoms with Crippen LogP contribution in [0.4, 0.5) is 0 Å². The van der Waals surface area contributed by atoms with Gasteiger partial charge in [0.05, 0.1) is 5.56 Å². The highest BCUT2D eigenvalue weighted by atomic mass is 16.5. The van der Waals surface area contributed by atoms with Crippen molar-refractivity contribution >= 4 is 0 Å². The maximum atomic E-state index is 5.16. The first-order valence-corrected chi connectivity index (χ1v) is 4.58. The molecule has 0 aliphatic carbocycles. The monoisotopic (exact) mass is 217 g/mol. The van der Waals surface area contributed by atoms with Gasteiger partial charge >= 0.3 is 0 Å². The molecule has 0 aliphatic rings. The van der Waals surface area contributed by atoms with Crippen LogP contribution in [0.5, 0.6) is 0 Å². The largest absolute Gasteiger partial charge is 0.469 e. The average Bonchev–Trinajstić information content (AvgIpc) is 2.97. The zero-order valence-corrected chi connectivity index (χ0v) is 8.34. The van der Waals surface area contributed by atoms with E-state index in [0.717, 1.165) is 11.3 Å². The van der Waals surface area contributed by atoms with Crippen LogP contribution in [0.25, 0.3) is 23.1 Å². The second-order valence-electron chi connectivity index (χ2n) is 3.20. The van der Waals surface area contributed by atoms with Crippen molar-refractivity contribution in [1.29, 1.82) is 0 Å². The van der Waals surface area contributed by atoms with E-state index in [9.17, 15) is 0 Å². The third-order valence-electron chi connectivity index (χ3n) is 2.03. The quantitative estimate of drug-likeness (QED) is 0.697. The Morgan fingerprint density at radius 3 is 3.00 bits per heavy atom. The van der Waals surface area contributed by atoms with Gasteiger partial charge in [0.25, 0.3) is 5.89 Å². The molecule has 0 saturated heterocycles. The van der Waals surface area contributed by atoms with Crippen LogP contribution >= 0.6 is 0 Å². The Morgan fingerprint density at radius 1 is 1.38 bits per heavy atom. The summed E-state index contributed by atoms with van der Waals surface area (Å²) in [5.41, 5.74) is 0.746. The number of aryl methyl sites for hydroxylation is 1. The van der Waals surface area contributed by atoms with Gasteiger partial charge in [-0.3, -0.25) is 5.10 Å². The molecule has 0 saturated carbocycles. The minimum Gasteiger partial charge on any atom is -0.469 e. The molecule has 7 nitrogen and oxygen atoms in total. The van der Waals surface area contributed by atoms with Gasteiger partial charge in [-0.1, -0.05) is 5.16 Å². The lowest BCUT2D eigenvalue weighted by atomic mass is 10.3. The maximum Gasteiger partial charge on any atom is 0.261 e. The van der Waals surface area contributed by atoms with E-state index in [1.165, 1.54) is 6.33 Å². The molecule has 3 aromatic rings. The summed E-state index contributed by atoms with van der Waals surface area (Å²) >= 11 is 0. The van der Waals surface area contributed by atoms with Crippen molar-refractivity contribution in [2.75, 3.05) is 0 Å². The molecule has 16 heavy (non-hydrogen) atoms. The van der Waals surface area contributed by atoms with Gasteiger partial charge in [-0.25, -0.2) is 4.98 Å². The van der Waals surface area contributed by atoms with Crippen molar-refractivity contribution in [1.82, 2.24) is 25.3 Å². The number of H-pyrrole nitrogens is 1. The number of rotatable bonds is 2. The lowest BCUT2D eigenvalue weighted by molar-refractivity contribution is 0.431. The SMILES string of the molecule is Cc1cc(-c2nc(-c3ncn[nH]3)no2)co1. The molecule has 0 amide bonds. The number of nitrogens with one attached hydrogen (secondary N) is 1. The molecular weight excluding hydrogens is 210 g/mol. The lowest BCUT2D eigenvalue weighted by Gasteiger charge is -1.82. The van der Waals surface area contributed by atoms with Crippen molar-refractivity contribution in [3.8, 4) is 23.1 Å². The van der Waals surface area contributed by atoms with Gasteiger partial charge in [0.15, 0.2) is 5.82 Å². The molecule has 0 spiro atoms. The van der Waals surface area contributed by atoms with Crippen molar-refractivity contribution < 1.29 is 8.94 Å². The molecule has 80 valence electrons. The van der Waals surface area contributed by atoms with Crippen LogP contribution < -0.4 is 0 Å². The Labute approximate surface area is 89.5 Å². The van der Waals surface area contributed by atoms with E-state index in [1.54, 1.807) is 6.26 Å². The second kappa shape index (κ2) is 3.30. The van der Waals surface area contributed by atoms with Crippen LogP contribution in [0, 0.1) is 6.92 Å². The molecule has 0 atom stereocenters. The Kier molecular flexibility index (Phi) is 1.82. The second-order valence-corrected chi connectivity index (χ2v) is 3.20.